The molecule has 14 heavy (non-hydrogen) atoms. The fourth-order valence-corrected chi connectivity index (χ4v) is 1.05. The molecule has 76 valence electrons. The molecular weight excluding hydrogens is 184 g/mol. The van der Waals surface area contributed by atoms with Crippen LogP contribution in [0.2, 0.25) is 0 Å². The van der Waals surface area contributed by atoms with E-state index < -0.39 is 11.4 Å². The Labute approximate surface area is 82.0 Å². The summed E-state index contributed by atoms with van der Waals surface area (Å²) in [6.07, 6.45) is 1.16. The maximum Gasteiger partial charge on any atom is 0.325 e. The SMILES string of the molecule is CCOC(=O)CNC(=O)C1(C#N)CC1. The van der Waals surface area contributed by atoms with E-state index in [1.165, 1.54) is 0 Å². The molecule has 1 N–H and O–H groups in total. The van der Waals surface area contributed by atoms with Crippen LogP contribution in [0.25, 0.3) is 0 Å². The Morgan fingerprint density at radius 1 is 1.57 bits per heavy atom. The first-order chi connectivity index (χ1) is 6.64. The van der Waals surface area contributed by atoms with Crippen LogP contribution in [0.4, 0.5) is 0 Å². The van der Waals surface area contributed by atoms with Crippen LogP contribution in [0.5, 0.6) is 0 Å². The summed E-state index contributed by atoms with van der Waals surface area (Å²) >= 11 is 0. The lowest BCUT2D eigenvalue weighted by Gasteiger charge is -2.06. The zero-order valence-corrected chi connectivity index (χ0v) is 8.00. The van der Waals surface area contributed by atoms with Gasteiger partial charge < -0.3 is 10.1 Å². The van der Waals surface area contributed by atoms with E-state index in [0.717, 1.165) is 0 Å². The second-order valence-electron chi connectivity index (χ2n) is 3.18. The van der Waals surface area contributed by atoms with Crippen LogP contribution in [0, 0.1) is 16.7 Å². The number of nitrogens with one attached hydrogen (secondary N) is 1. The van der Waals surface area contributed by atoms with Crippen LogP contribution in [0.1, 0.15) is 19.8 Å². The molecule has 1 aliphatic rings. The number of carbonyl (C=O) groups is 2. The first-order valence-corrected chi connectivity index (χ1v) is 4.50. The largest absolute Gasteiger partial charge is 0.465 e. The van der Waals surface area contributed by atoms with E-state index in [0.29, 0.717) is 12.8 Å². The molecule has 5 nitrogen and oxygen atoms in total. The van der Waals surface area contributed by atoms with Gasteiger partial charge in [0.05, 0.1) is 12.7 Å². The highest BCUT2D eigenvalue weighted by atomic mass is 16.5. The Morgan fingerprint density at radius 3 is 2.64 bits per heavy atom. The maximum absolute atomic E-state index is 11.3. The standard InChI is InChI=1S/C9H12N2O3/c1-2-14-7(12)5-11-8(13)9(6-10)3-4-9/h2-5H2,1H3,(H,11,13). The molecule has 0 unspecified atom stereocenters. The van der Waals surface area contributed by atoms with Crippen molar-refractivity contribution in [1.29, 1.82) is 5.26 Å². The number of ether oxygens (including phenoxy) is 1. The average Bonchev–Trinajstić information content (AvgIpc) is 2.95. The Kier molecular flexibility index (Phi) is 3.07. The zero-order chi connectivity index (χ0) is 10.6. The van der Waals surface area contributed by atoms with Gasteiger partial charge in [0.1, 0.15) is 12.0 Å². The molecule has 0 heterocycles. The highest BCUT2D eigenvalue weighted by Crippen LogP contribution is 2.44. The summed E-state index contributed by atoms with van der Waals surface area (Å²) < 4.78 is 4.62. The molecule has 0 aromatic rings. The maximum atomic E-state index is 11.3. The molecular formula is C9H12N2O3. The van der Waals surface area contributed by atoms with Gasteiger partial charge in [-0.25, -0.2) is 0 Å². The van der Waals surface area contributed by atoms with Crippen molar-refractivity contribution in [2.75, 3.05) is 13.2 Å². The van der Waals surface area contributed by atoms with Crippen LogP contribution in [-0.4, -0.2) is 25.0 Å². The Balaban J connectivity index is 2.29. The van der Waals surface area contributed by atoms with Crippen molar-refractivity contribution < 1.29 is 14.3 Å². The third-order valence-corrected chi connectivity index (χ3v) is 2.10. The van der Waals surface area contributed by atoms with Crippen LogP contribution in [-0.2, 0) is 14.3 Å². The summed E-state index contributed by atoms with van der Waals surface area (Å²) in [7, 11) is 0. The van der Waals surface area contributed by atoms with Crippen LogP contribution in [0.3, 0.4) is 0 Å². The Bertz CT molecular complexity index is 289. The molecule has 0 aromatic carbocycles. The quantitative estimate of drug-likeness (QED) is 0.640. The van der Waals surface area contributed by atoms with E-state index in [2.05, 4.69) is 10.1 Å². The number of nitrogens with zero attached hydrogens (tertiary/aromatic N) is 1. The molecule has 5 heteroatoms. The molecule has 0 radical (unpaired) electrons. The predicted molar refractivity (Wildman–Crippen MR) is 46.9 cm³/mol. The smallest absolute Gasteiger partial charge is 0.325 e. The number of hydrogen-bond donors (Lipinski definition) is 1. The van der Waals surface area contributed by atoms with E-state index in [9.17, 15) is 9.59 Å². The molecule has 1 aliphatic carbocycles. The number of nitriles is 1. The van der Waals surface area contributed by atoms with Gasteiger partial charge in [-0.05, 0) is 19.8 Å². The topological polar surface area (TPSA) is 79.2 Å². The Morgan fingerprint density at radius 2 is 2.21 bits per heavy atom. The molecule has 1 amide bonds. The molecule has 0 saturated heterocycles. The number of amides is 1. The van der Waals surface area contributed by atoms with Crippen molar-refractivity contribution in [1.82, 2.24) is 5.32 Å². The van der Waals surface area contributed by atoms with Gasteiger partial charge in [-0.15, -0.1) is 0 Å². The van der Waals surface area contributed by atoms with Gasteiger partial charge in [0, 0.05) is 0 Å². The second-order valence-corrected chi connectivity index (χ2v) is 3.18. The van der Waals surface area contributed by atoms with E-state index in [4.69, 9.17) is 5.26 Å². The lowest BCUT2D eigenvalue weighted by molar-refractivity contribution is -0.143. The fraction of sp³-hybridized carbons (Fsp3) is 0.667. The lowest BCUT2D eigenvalue weighted by atomic mass is 10.1. The van der Waals surface area contributed by atoms with E-state index in [-0.39, 0.29) is 19.1 Å². The van der Waals surface area contributed by atoms with Crippen molar-refractivity contribution in [3.63, 3.8) is 0 Å². The molecule has 0 bridgehead atoms. The number of carbonyl (C=O) groups excluding carboxylic acids is 2. The molecule has 0 spiro atoms. The van der Waals surface area contributed by atoms with E-state index in [1.54, 1.807) is 6.92 Å². The van der Waals surface area contributed by atoms with Gasteiger partial charge in [0.25, 0.3) is 0 Å². The van der Waals surface area contributed by atoms with Crippen molar-refractivity contribution in [2.24, 2.45) is 5.41 Å². The van der Waals surface area contributed by atoms with Crippen LogP contribution < -0.4 is 5.32 Å². The first-order valence-electron chi connectivity index (χ1n) is 4.50. The molecule has 0 atom stereocenters. The lowest BCUT2D eigenvalue weighted by Crippen LogP contribution is -2.35. The first kappa shape index (κ1) is 10.5. The predicted octanol–water partition coefficient (Wildman–Crippen LogP) is -0.0305. The summed E-state index contributed by atoms with van der Waals surface area (Å²) in [6, 6.07) is 1.94. The van der Waals surface area contributed by atoms with Gasteiger partial charge in [-0.3, -0.25) is 9.59 Å². The zero-order valence-electron chi connectivity index (χ0n) is 8.00. The Hall–Kier alpha value is -1.57. The van der Waals surface area contributed by atoms with Gasteiger partial charge >= 0.3 is 5.97 Å². The number of rotatable bonds is 4. The van der Waals surface area contributed by atoms with Gasteiger partial charge in [-0.2, -0.15) is 5.26 Å². The molecule has 0 aliphatic heterocycles. The fourth-order valence-electron chi connectivity index (χ4n) is 1.05. The summed E-state index contributed by atoms with van der Waals surface area (Å²) in [5.74, 6) is -0.845. The monoisotopic (exact) mass is 196 g/mol. The molecule has 1 fully saturated rings. The van der Waals surface area contributed by atoms with E-state index >= 15 is 0 Å². The van der Waals surface area contributed by atoms with Gasteiger partial charge in [-0.1, -0.05) is 0 Å². The summed E-state index contributed by atoms with van der Waals surface area (Å²) in [6.45, 7) is 1.82. The van der Waals surface area contributed by atoms with Crippen molar-refractivity contribution in [3.05, 3.63) is 0 Å². The van der Waals surface area contributed by atoms with Gasteiger partial charge in [0.2, 0.25) is 5.91 Å². The molecule has 1 saturated carbocycles. The van der Waals surface area contributed by atoms with Crippen LogP contribution in [0.15, 0.2) is 0 Å². The molecule has 1 rings (SSSR count). The third-order valence-electron chi connectivity index (χ3n) is 2.10. The summed E-state index contributed by atoms with van der Waals surface area (Å²) in [5.41, 5.74) is -0.869. The third kappa shape index (κ3) is 2.22. The average molecular weight is 196 g/mol. The highest BCUT2D eigenvalue weighted by Gasteiger charge is 2.50. The van der Waals surface area contributed by atoms with Crippen molar-refractivity contribution in [3.8, 4) is 6.07 Å². The van der Waals surface area contributed by atoms with E-state index in [1.807, 2.05) is 6.07 Å². The minimum absolute atomic E-state index is 0.157. The highest BCUT2D eigenvalue weighted by molar-refractivity contribution is 5.90. The number of hydrogen-bond acceptors (Lipinski definition) is 4. The summed E-state index contributed by atoms with van der Waals surface area (Å²) in [5, 5.41) is 11.1. The second kappa shape index (κ2) is 4.09. The summed E-state index contributed by atoms with van der Waals surface area (Å²) in [4.78, 5) is 22.2. The van der Waals surface area contributed by atoms with Crippen molar-refractivity contribution >= 4 is 11.9 Å². The normalized spacial score (nSPS) is 16.6. The van der Waals surface area contributed by atoms with Gasteiger partial charge in [0.15, 0.2) is 0 Å². The van der Waals surface area contributed by atoms with Crippen LogP contribution >= 0.6 is 0 Å². The minimum Gasteiger partial charge on any atom is -0.465 e. The molecule has 0 aromatic heterocycles. The minimum atomic E-state index is -0.869. The number of esters is 1. The van der Waals surface area contributed by atoms with Crippen molar-refractivity contribution in [2.45, 2.75) is 19.8 Å².